The van der Waals surface area contributed by atoms with Gasteiger partial charge >= 0.3 is 6.03 Å². The van der Waals surface area contributed by atoms with E-state index in [4.69, 9.17) is 0 Å². The Kier molecular flexibility index (Phi) is 4.24. The van der Waals surface area contributed by atoms with E-state index in [0.29, 0.717) is 6.54 Å². The molecular weight excluding hydrogens is 262 g/mol. The highest BCUT2D eigenvalue weighted by molar-refractivity contribution is 5.74. The number of amides is 2. The minimum Gasteiger partial charge on any atom is -0.365 e. The molecule has 110 valence electrons. The standard InChI is InChI=1S/C17H21N3O/c21-17(19-10-4-7-14-5-2-1-3-6-14)20-12-9-16-15(13-20)8-11-18-16/h1-3,5-6,8,11,18H,4,7,9-10,12-13H2,(H,19,21). The molecular formula is C17H21N3O. The second-order valence-electron chi connectivity index (χ2n) is 5.47. The highest BCUT2D eigenvalue weighted by atomic mass is 16.2. The number of aromatic nitrogens is 1. The Morgan fingerprint density at radius 2 is 2.10 bits per heavy atom. The van der Waals surface area contributed by atoms with Gasteiger partial charge in [-0.2, -0.15) is 0 Å². The van der Waals surface area contributed by atoms with E-state index >= 15 is 0 Å². The zero-order valence-electron chi connectivity index (χ0n) is 12.1. The number of hydrogen-bond acceptors (Lipinski definition) is 1. The maximum Gasteiger partial charge on any atom is 0.317 e. The van der Waals surface area contributed by atoms with Crippen LogP contribution in [0.4, 0.5) is 4.79 Å². The summed E-state index contributed by atoms with van der Waals surface area (Å²) in [5, 5.41) is 3.02. The fraction of sp³-hybridized carbons (Fsp3) is 0.353. The predicted molar refractivity (Wildman–Crippen MR) is 83.1 cm³/mol. The van der Waals surface area contributed by atoms with Gasteiger partial charge in [-0.15, -0.1) is 0 Å². The molecule has 21 heavy (non-hydrogen) atoms. The number of carbonyl (C=O) groups excluding carboxylic acids is 1. The van der Waals surface area contributed by atoms with Crippen LogP contribution in [-0.2, 0) is 19.4 Å². The van der Waals surface area contributed by atoms with Gasteiger partial charge in [-0.25, -0.2) is 4.79 Å². The Labute approximate surface area is 125 Å². The quantitative estimate of drug-likeness (QED) is 0.833. The van der Waals surface area contributed by atoms with Crippen LogP contribution in [0.25, 0.3) is 0 Å². The first-order chi connectivity index (χ1) is 10.3. The number of nitrogens with zero attached hydrogens (tertiary/aromatic N) is 1. The van der Waals surface area contributed by atoms with Crippen LogP contribution in [0.5, 0.6) is 0 Å². The summed E-state index contributed by atoms with van der Waals surface area (Å²) in [5.41, 5.74) is 3.82. The van der Waals surface area contributed by atoms with E-state index in [0.717, 1.165) is 32.4 Å². The number of fused-ring (bicyclic) bond motifs is 1. The number of nitrogens with one attached hydrogen (secondary N) is 2. The Balaban J connectivity index is 1.41. The second-order valence-corrected chi connectivity index (χ2v) is 5.47. The highest BCUT2D eigenvalue weighted by Crippen LogP contribution is 2.17. The average Bonchev–Trinajstić information content (AvgIpc) is 3.00. The zero-order chi connectivity index (χ0) is 14.5. The molecule has 0 unspecified atom stereocenters. The lowest BCUT2D eigenvalue weighted by Gasteiger charge is -2.27. The van der Waals surface area contributed by atoms with Crippen molar-refractivity contribution >= 4 is 6.03 Å². The molecule has 0 saturated carbocycles. The van der Waals surface area contributed by atoms with Crippen LogP contribution in [0.3, 0.4) is 0 Å². The molecule has 0 fully saturated rings. The number of carbonyl (C=O) groups is 1. The van der Waals surface area contributed by atoms with Crippen LogP contribution in [-0.4, -0.2) is 29.0 Å². The van der Waals surface area contributed by atoms with Gasteiger partial charge in [0.15, 0.2) is 0 Å². The molecule has 0 bridgehead atoms. The predicted octanol–water partition coefficient (Wildman–Crippen LogP) is 2.72. The summed E-state index contributed by atoms with van der Waals surface area (Å²) in [5.74, 6) is 0. The Hall–Kier alpha value is -2.23. The smallest absolute Gasteiger partial charge is 0.317 e. The maximum atomic E-state index is 12.1. The summed E-state index contributed by atoms with van der Waals surface area (Å²) in [7, 11) is 0. The van der Waals surface area contributed by atoms with Gasteiger partial charge < -0.3 is 15.2 Å². The third-order valence-electron chi connectivity index (χ3n) is 3.97. The van der Waals surface area contributed by atoms with Gasteiger partial charge in [0.2, 0.25) is 0 Å². The molecule has 4 heteroatoms. The molecule has 2 heterocycles. The summed E-state index contributed by atoms with van der Waals surface area (Å²) < 4.78 is 0. The van der Waals surface area contributed by atoms with Crippen LogP contribution < -0.4 is 5.32 Å². The molecule has 2 amide bonds. The van der Waals surface area contributed by atoms with Gasteiger partial charge in [-0.3, -0.25) is 0 Å². The van der Waals surface area contributed by atoms with E-state index in [-0.39, 0.29) is 6.03 Å². The van der Waals surface area contributed by atoms with E-state index in [1.54, 1.807) is 0 Å². The topological polar surface area (TPSA) is 48.1 Å². The van der Waals surface area contributed by atoms with Crippen molar-refractivity contribution in [3.8, 4) is 0 Å². The van der Waals surface area contributed by atoms with Crippen molar-refractivity contribution < 1.29 is 4.79 Å². The molecule has 0 saturated heterocycles. The van der Waals surface area contributed by atoms with E-state index in [1.807, 2.05) is 17.2 Å². The van der Waals surface area contributed by atoms with Crippen LogP contribution >= 0.6 is 0 Å². The number of urea groups is 1. The molecule has 1 aromatic heterocycles. The van der Waals surface area contributed by atoms with Crippen molar-refractivity contribution in [1.29, 1.82) is 0 Å². The molecule has 2 aromatic rings. The average molecular weight is 283 g/mol. The first-order valence-electron chi connectivity index (χ1n) is 7.55. The number of rotatable bonds is 4. The molecule has 1 aromatic carbocycles. The highest BCUT2D eigenvalue weighted by Gasteiger charge is 2.20. The number of aryl methyl sites for hydroxylation is 1. The third-order valence-corrected chi connectivity index (χ3v) is 3.97. The Morgan fingerprint density at radius 3 is 2.95 bits per heavy atom. The zero-order valence-corrected chi connectivity index (χ0v) is 12.1. The lowest BCUT2D eigenvalue weighted by atomic mass is 10.1. The molecule has 4 nitrogen and oxygen atoms in total. The largest absolute Gasteiger partial charge is 0.365 e. The van der Waals surface area contributed by atoms with Crippen LogP contribution in [0.1, 0.15) is 23.2 Å². The molecule has 1 aliphatic heterocycles. The minimum atomic E-state index is 0.0508. The van der Waals surface area contributed by atoms with Gasteiger partial charge in [-0.1, -0.05) is 30.3 Å². The lowest BCUT2D eigenvalue weighted by Crippen LogP contribution is -2.42. The Morgan fingerprint density at radius 1 is 1.24 bits per heavy atom. The summed E-state index contributed by atoms with van der Waals surface area (Å²) in [6.07, 6.45) is 4.84. The summed E-state index contributed by atoms with van der Waals surface area (Å²) in [6, 6.07) is 12.5. The monoisotopic (exact) mass is 283 g/mol. The number of H-pyrrole nitrogens is 1. The molecule has 3 rings (SSSR count). The van der Waals surface area contributed by atoms with E-state index in [2.05, 4.69) is 40.6 Å². The van der Waals surface area contributed by atoms with Gasteiger partial charge in [0.1, 0.15) is 0 Å². The molecule has 1 aliphatic rings. The minimum absolute atomic E-state index is 0.0508. The summed E-state index contributed by atoms with van der Waals surface area (Å²) in [4.78, 5) is 17.3. The summed E-state index contributed by atoms with van der Waals surface area (Å²) >= 11 is 0. The molecule has 2 N–H and O–H groups in total. The SMILES string of the molecule is O=C(NCCCc1ccccc1)N1CCc2[nH]ccc2C1. The van der Waals surface area contributed by atoms with Crippen molar-refractivity contribution in [2.45, 2.75) is 25.8 Å². The van der Waals surface area contributed by atoms with Crippen LogP contribution in [0.2, 0.25) is 0 Å². The maximum absolute atomic E-state index is 12.1. The Bertz CT molecular complexity index is 591. The van der Waals surface area contributed by atoms with Crippen molar-refractivity contribution in [3.63, 3.8) is 0 Å². The normalized spacial score (nSPS) is 13.8. The lowest BCUT2D eigenvalue weighted by molar-refractivity contribution is 0.192. The summed E-state index contributed by atoms with van der Waals surface area (Å²) in [6.45, 7) is 2.23. The van der Waals surface area contributed by atoms with Crippen molar-refractivity contribution in [2.24, 2.45) is 0 Å². The molecule has 0 radical (unpaired) electrons. The first kappa shape index (κ1) is 13.7. The van der Waals surface area contributed by atoms with Gasteiger partial charge in [0.25, 0.3) is 0 Å². The fourth-order valence-corrected chi connectivity index (χ4v) is 2.77. The number of hydrogen-bond donors (Lipinski definition) is 2. The number of benzene rings is 1. The van der Waals surface area contributed by atoms with Crippen LogP contribution in [0.15, 0.2) is 42.6 Å². The van der Waals surface area contributed by atoms with Gasteiger partial charge in [-0.05, 0) is 30.0 Å². The van der Waals surface area contributed by atoms with Crippen molar-refractivity contribution in [3.05, 3.63) is 59.4 Å². The van der Waals surface area contributed by atoms with Crippen molar-refractivity contribution in [2.75, 3.05) is 13.1 Å². The van der Waals surface area contributed by atoms with Crippen molar-refractivity contribution in [1.82, 2.24) is 15.2 Å². The van der Waals surface area contributed by atoms with Crippen LogP contribution in [0, 0.1) is 0 Å². The number of aromatic amines is 1. The van der Waals surface area contributed by atoms with Gasteiger partial charge in [0.05, 0.1) is 0 Å². The molecule has 0 aliphatic carbocycles. The second kappa shape index (κ2) is 6.48. The third kappa shape index (κ3) is 3.45. The van der Waals surface area contributed by atoms with E-state index < -0.39 is 0 Å². The molecule has 0 atom stereocenters. The molecule has 0 spiro atoms. The van der Waals surface area contributed by atoms with E-state index in [9.17, 15) is 4.79 Å². The van der Waals surface area contributed by atoms with Gasteiger partial charge in [0, 0.05) is 37.9 Å². The first-order valence-corrected chi connectivity index (χ1v) is 7.55. The fourth-order valence-electron chi connectivity index (χ4n) is 2.77. The van der Waals surface area contributed by atoms with E-state index in [1.165, 1.54) is 16.8 Å².